The van der Waals surface area contributed by atoms with Gasteiger partial charge in [0.15, 0.2) is 5.84 Å². The second kappa shape index (κ2) is 5.18. The lowest BCUT2D eigenvalue weighted by molar-refractivity contribution is -0.123. The summed E-state index contributed by atoms with van der Waals surface area (Å²) >= 11 is 0. The Morgan fingerprint density at radius 1 is 1.38 bits per heavy atom. The van der Waals surface area contributed by atoms with E-state index in [2.05, 4.69) is 10.5 Å². The molecule has 16 heavy (non-hydrogen) atoms. The average molecular weight is 229 g/mol. The summed E-state index contributed by atoms with van der Waals surface area (Å²) in [6.07, 6.45) is 0.972. The third-order valence-electron chi connectivity index (χ3n) is 2.49. The lowest BCUT2D eigenvalue weighted by Crippen LogP contribution is -2.55. The maximum atomic E-state index is 11.8. The quantitative estimate of drug-likeness (QED) is 0.295. The molecule has 0 aliphatic rings. The van der Waals surface area contributed by atoms with Crippen molar-refractivity contribution < 1.29 is 10.0 Å². The fourth-order valence-electron chi connectivity index (χ4n) is 1.28. The molecule has 0 radical (unpaired) electrons. The number of carbonyl (C=O) groups excluding carboxylic acids is 1. The molecule has 0 fully saturated rings. The first kappa shape index (κ1) is 14.7. The predicted octanol–water partition coefficient (Wildman–Crippen LogP) is 1.45. The van der Waals surface area contributed by atoms with Crippen LogP contribution in [0.5, 0.6) is 0 Å². The van der Waals surface area contributed by atoms with Crippen molar-refractivity contribution in [1.29, 1.82) is 0 Å². The molecule has 0 aliphatic carbocycles. The minimum atomic E-state index is -0.781. The van der Waals surface area contributed by atoms with E-state index in [0.29, 0.717) is 12.8 Å². The number of amides is 1. The van der Waals surface area contributed by atoms with Crippen molar-refractivity contribution in [2.75, 3.05) is 0 Å². The first-order chi connectivity index (χ1) is 7.14. The monoisotopic (exact) mass is 229 g/mol. The standard InChI is InChI=1S/C11H23N3O2/c1-6-11(5,9(12)14-16)13-8(15)7-10(2,3)4/h16H,6-7H2,1-5H3,(H2,12,14)(H,13,15). The van der Waals surface area contributed by atoms with Gasteiger partial charge in [0.25, 0.3) is 0 Å². The number of rotatable bonds is 4. The van der Waals surface area contributed by atoms with E-state index < -0.39 is 5.54 Å². The zero-order chi connectivity index (χ0) is 13.0. The molecule has 0 aromatic carbocycles. The predicted molar refractivity (Wildman–Crippen MR) is 64.3 cm³/mol. The molecule has 0 rings (SSSR count). The van der Waals surface area contributed by atoms with Gasteiger partial charge in [-0.25, -0.2) is 0 Å². The summed E-state index contributed by atoms with van der Waals surface area (Å²) in [5, 5.41) is 14.4. The van der Waals surface area contributed by atoms with Crippen LogP contribution in [0.2, 0.25) is 0 Å². The van der Waals surface area contributed by atoms with E-state index in [-0.39, 0.29) is 17.2 Å². The summed E-state index contributed by atoms with van der Waals surface area (Å²) in [6, 6.07) is 0. The van der Waals surface area contributed by atoms with Crippen LogP contribution in [0, 0.1) is 5.41 Å². The van der Waals surface area contributed by atoms with E-state index in [4.69, 9.17) is 10.9 Å². The number of nitrogens with zero attached hydrogens (tertiary/aromatic N) is 1. The first-order valence-corrected chi connectivity index (χ1v) is 5.43. The van der Waals surface area contributed by atoms with Gasteiger partial charge in [-0.3, -0.25) is 4.79 Å². The molecule has 0 heterocycles. The molecule has 4 N–H and O–H groups in total. The molecule has 94 valence electrons. The number of amidine groups is 1. The van der Waals surface area contributed by atoms with Gasteiger partial charge in [0.05, 0.1) is 5.54 Å². The number of hydrogen-bond acceptors (Lipinski definition) is 3. The molecule has 0 aromatic heterocycles. The highest BCUT2D eigenvalue weighted by molar-refractivity contribution is 5.93. The Labute approximate surface area is 97.1 Å². The third-order valence-corrected chi connectivity index (χ3v) is 2.49. The summed E-state index contributed by atoms with van der Waals surface area (Å²) in [5.74, 6) is -0.0688. The topological polar surface area (TPSA) is 87.7 Å². The lowest BCUT2D eigenvalue weighted by atomic mass is 9.90. The van der Waals surface area contributed by atoms with Crippen molar-refractivity contribution in [3.05, 3.63) is 0 Å². The van der Waals surface area contributed by atoms with E-state index in [9.17, 15) is 4.79 Å². The molecule has 5 heteroatoms. The highest BCUT2D eigenvalue weighted by Gasteiger charge is 2.30. The van der Waals surface area contributed by atoms with Crippen molar-refractivity contribution in [3.8, 4) is 0 Å². The van der Waals surface area contributed by atoms with Crippen molar-refractivity contribution in [1.82, 2.24) is 5.32 Å². The van der Waals surface area contributed by atoms with Gasteiger partial charge in [-0.1, -0.05) is 32.9 Å². The second-order valence-electron chi connectivity index (χ2n) is 5.46. The van der Waals surface area contributed by atoms with Gasteiger partial charge < -0.3 is 16.3 Å². The van der Waals surface area contributed by atoms with E-state index in [1.54, 1.807) is 6.92 Å². The molecule has 0 spiro atoms. The molecular weight excluding hydrogens is 206 g/mol. The largest absolute Gasteiger partial charge is 0.409 e. The number of hydrogen-bond donors (Lipinski definition) is 3. The van der Waals surface area contributed by atoms with Crippen LogP contribution < -0.4 is 11.1 Å². The van der Waals surface area contributed by atoms with Crippen LogP contribution in [-0.2, 0) is 4.79 Å². The average Bonchev–Trinajstić information content (AvgIpc) is 2.13. The van der Waals surface area contributed by atoms with Crippen molar-refractivity contribution in [3.63, 3.8) is 0 Å². The summed E-state index contributed by atoms with van der Waals surface area (Å²) in [6.45, 7) is 9.57. The Kier molecular flexibility index (Phi) is 4.78. The molecule has 5 nitrogen and oxygen atoms in total. The van der Waals surface area contributed by atoms with Gasteiger partial charge in [0, 0.05) is 6.42 Å². The Balaban J connectivity index is 4.62. The summed E-state index contributed by atoms with van der Waals surface area (Å²) in [5.41, 5.74) is 4.70. The molecule has 1 unspecified atom stereocenters. The molecule has 0 aliphatic heterocycles. The highest BCUT2D eigenvalue weighted by Crippen LogP contribution is 2.19. The van der Waals surface area contributed by atoms with Crippen molar-refractivity contribution >= 4 is 11.7 Å². The minimum Gasteiger partial charge on any atom is -0.409 e. The zero-order valence-electron chi connectivity index (χ0n) is 10.8. The fraction of sp³-hybridized carbons (Fsp3) is 0.818. The highest BCUT2D eigenvalue weighted by atomic mass is 16.4. The van der Waals surface area contributed by atoms with Crippen LogP contribution in [0.1, 0.15) is 47.5 Å². The van der Waals surface area contributed by atoms with Gasteiger partial charge in [0.2, 0.25) is 5.91 Å². The smallest absolute Gasteiger partial charge is 0.221 e. The molecule has 0 bridgehead atoms. The van der Waals surface area contributed by atoms with Crippen LogP contribution in [0.15, 0.2) is 5.16 Å². The van der Waals surface area contributed by atoms with Gasteiger partial charge in [-0.2, -0.15) is 0 Å². The lowest BCUT2D eigenvalue weighted by Gasteiger charge is -2.29. The molecule has 0 saturated heterocycles. The number of oxime groups is 1. The molecule has 0 saturated carbocycles. The first-order valence-electron chi connectivity index (χ1n) is 5.43. The van der Waals surface area contributed by atoms with Crippen LogP contribution in [0.3, 0.4) is 0 Å². The normalized spacial score (nSPS) is 16.7. The SMILES string of the molecule is CCC(C)(NC(=O)CC(C)(C)C)/C(N)=N/O. The Bertz CT molecular complexity index is 281. The number of nitrogens with two attached hydrogens (primary N) is 1. The molecule has 1 amide bonds. The van der Waals surface area contributed by atoms with E-state index >= 15 is 0 Å². The number of nitrogens with one attached hydrogen (secondary N) is 1. The van der Waals surface area contributed by atoms with Gasteiger partial charge >= 0.3 is 0 Å². The summed E-state index contributed by atoms with van der Waals surface area (Å²) in [4.78, 5) is 11.8. The van der Waals surface area contributed by atoms with Crippen molar-refractivity contribution in [2.24, 2.45) is 16.3 Å². The van der Waals surface area contributed by atoms with E-state index in [1.165, 1.54) is 0 Å². The maximum absolute atomic E-state index is 11.8. The van der Waals surface area contributed by atoms with Crippen LogP contribution in [-0.4, -0.2) is 22.5 Å². The van der Waals surface area contributed by atoms with Crippen LogP contribution >= 0.6 is 0 Å². The van der Waals surface area contributed by atoms with Crippen LogP contribution in [0.25, 0.3) is 0 Å². The number of carbonyl (C=O) groups is 1. The fourth-order valence-corrected chi connectivity index (χ4v) is 1.28. The third kappa shape index (κ3) is 4.51. The molecule has 0 aromatic rings. The van der Waals surface area contributed by atoms with Gasteiger partial charge in [-0.05, 0) is 18.8 Å². The molecule has 1 atom stereocenters. The van der Waals surface area contributed by atoms with E-state index in [1.807, 2.05) is 27.7 Å². The zero-order valence-corrected chi connectivity index (χ0v) is 10.8. The molecular formula is C11H23N3O2. The van der Waals surface area contributed by atoms with Gasteiger partial charge in [0.1, 0.15) is 0 Å². The Morgan fingerprint density at radius 2 is 1.88 bits per heavy atom. The minimum absolute atomic E-state index is 0.0252. The van der Waals surface area contributed by atoms with Gasteiger partial charge in [-0.15, -0.1) is 0 Å². The van der Waals surface area contributed by atoms with Crippen LogP contribution in [0.4, 0.5) is 0 Å². The Hall–Kier alpha value is -1.26. The summed E-state index contributed by atoms with van der Waals surface area (Å²) < 4.78 is 0. The summed E-state index contributed by atoms with van der Waals surface area (Å²) in [7, 11) is 0. The second-order valence-corrected chi connectivity index (χ2v) is 5.46. The van der Waals surface area contributed by atoms with Crippen molar-refractivity contribution in [2.45, 2.75) is 53.0 Å². The Morgan fingerprint density at radius 3 is 2.19 bits per heavy atom. The maximum Gasteiger partial charge on any atom is 0.221 e. The van der Waals surface area contributed by atoms with E-state index in [0.717, 1.165) is 0 Å².